The van der Waals surface area contributed by atoms with Gasteiger partial charge in [-0.1, -0.05) is 23.8 Å². The molecule has 6 heteroatoms. The molecule has 1 heterocycles. The Morgan fingerprint density at radius 3 is 2.86 bits per heavy atom. The van der Waals surface area contributed by atoms with E-state index in [4.69, 9.17) is 4.74 Å². The van der Waals surface area contributed by atoms with Crippen molar-refractivity contribution < 1.29 is 14.3 Å². The second kappa shape index (κ2) is 9.15. The zero-order chi connectivity index (χ0) is 20.1. The third-order valence-corrected chi connectivity index (χ3v) is 5.72. The number of aryl methyl sites for hydroxylation is 1. The number of thioether (sulfide) groups is 1. The number of amides is 2. The summed E-state index contributed by atoms with van der Waals surface area (Å²) in [5, 5.41) is 2.98. The molecule has 1 saturated heterocycles. The minimum absolute atomic E-state index is 0.00115. The molecule has 0 aromatic heterocycles. The van der Waals surface area contributed by atoms with E-state index < -0.39 is 0 Å². The van der Waals surface area contributed by atoms with Crippen LogP contribution in [0.1, 0.15) is 17.5 Å². The van der Waals surface area contributed by atoms with E-state index in [1.54, 1.807) is 23.8 Å². The van der Waals surface area contributed by atoms with Crippen LogP contribution in [-0.4, -0.2) is 38.3 Å². The van der Waals surface area contributed by atoms with Crippen molar-refractivity contribution >= 4 is 29.3 Å². The van der Waals surface area contributed by atoms with Gasteiger partial charge in [-0.25, -0.2) is 0 Å². The highest BCUT2D eigenvalue weighted by Crippen LogP contribution is 2.28. The molecule has 1 unspecified atom stereocenters. The van der Waals surface area contributed by atoms with Crippen LogP contribution in [0, 0.1) is 12.8 Å². The number of hydrogen-bond donors (Lipinski definition) is 1. The number of nitrogens with one attached hydrogen (secondary N) is 1. The molecule has 0 aliphatic carbocycles. The van der Waals surface area contributed by atoms with Gasteiger partial charge in [0.2, 0.25) is 11.8 Å². The predicted octanol–water partition coefficient (Wildman–Crippen LogP) is 3.44. The highest BCUT2D eigenvalue weighted by atomic mass is 32.2. The Bertz CT molecular complexity index is 869. The van der Waals surface area contributed by atoms with E-state index in [9.17, 15) is 9.59 Å². The molecule has 148 valence electrons. The first-order chi connectivity index (χ1) is 13.5. The van der Waals surface area contributed by atoms with Gasteiger partial charge in [0.1, 0.15) is 5.75 Å². The van der Waals surface area contributed by atoms with Gasteiger partial charge in [-0.05, 0) is 49.4 Å². The maximum Gasteiger partial charge on any atom is 0.227 e. The number of methoxy groups -OCH3 is 1. The molecule has 1 fully saturated rings. The van der Waals surface area contributed by atoms with Gasteiger partial charge >= 0.3 is 0 Å². The van der Waals surface area contributed by atoms with Crippen molar-refractivity contribution in [2.24, 2.45) is 5.92 Å². The highest BCUT2D eigenvalue weighted by molar-refractivity contribution is 7.98. The summed E-state index contributed by atoms with van der Waals surface area (Å²) < 4.78 is 5.39. The smallest absolute Gasteiger partial charge is 0.227 e. The Kier molecular flexibility index (Phi) is 6.62. The Labute approximate surface area is 170 Å². The van der Waals surface area contributed by atoms with Crippen LogP contribution in [0.2, 0.25) is 0 Å². The van der Waals surface area contributed by atoms with Crippen LogP contribution in [0.4, 0.5) is 5.69 Å². The SMILES string of the molecule is COc1ccc(C)cc1CCNC(=O)C1CC(=O)N(c2cccc(SC)c2)C1. The molecule has 1 atom stereocenters. The summed E-state index contributed by atoms with van der Waals surface area (Å²) in [5.41, 5.74) is 3.09. The van der Waals surface area contributed by atoms with Crippen LogP contribution >= 0.6 is 11.8 Å². The third kappa shape index (κ3) is 4.68. The first kappa shape index (κ1) is 20.3. The van der Waals surface area contributed by atoms with Gasteiger partial charge in [0.05, 0.1) is 13.0 Å². The van der Waals surface area contributed by atoms with Gasteiger partial charge in [-0.3, -0.25) is 9.59 Å². The fraction of sp³-hybridized carbons (Fsp3) is 0.364. The van der Waals surface area contributed by atoms with Crippen molar-refractivity contribution in [1.29, 1.82) is 0 Å². The summed E-state index contributed by atoms with van der Waals surface area (Å²) in [7, 11) is 1.65. The van der Waals surface area contributed by atoms with E-state index in [1.165, 1.54) is 0 Å². The summed E-state index contributed by atoms with van der Waals surface area (Å²) in [6.07, 6.45) is 2.95. The van der Waals surface area contributed by atoms with Crippen molar-refractivity contribution in [2.45, 2.75) is 24.7 Å². The quantitative estimate of drug-likeness (QED) is 0.726. The molecule has 0 radical (unpaired) electrons. The Hall–Kier alpha value is -2.47. The van der Waals surface area contributed by atoms with E-state index in [1.807, 2.05) is 49.6 Å². The minimum atomic E-state index is -0.315. The standard InChI is InChI=1S/C22H26N2O3S/c1-15-7-8-20(27-2)16(11-15)9-10-23-22(26)17-12-21(25)24(14-17)18-5-4-6-19(13-18)28-3/h4-8,11,13,17H,9-10,12,14H2,1-3H3,(H,23,26). The van der Waals surface area contributed by atoms with Crippen molar-refractivity contribution in [1.82, 2.24) is 5.32 Å². The highest BCUT2D eigenvalue weighted by Gasteiger charge is 2.35. The van der Waals surface area contributed by atoms with Crippen LogP contribution in [0.25, 0.3) is 0 Å². The lowest BCUT2D eigenvalue weighted by atomic mass is 10.1. The topological polar surface area (TPSA) is 58.6 Å². The number of carbonyl (C=O) groups excluding carboxylic acids is 2. The molecule has 0 bridgehead atoms. The molecule has 1 aliphatic rings. The Balaban J connectivity index is 1.57. The van der Waals surface area contributed by atoms with E-state index in [-0.39, 0.29) is 24.2 Å². The van der Waals surface area contributed by atoms with E-state index in [0.717, 1.165) is 27.5 Å². The summed E-state index contributed by atoms with van der Waals surface area (Å²) in [4.78, 5) is 27.8. The number of anilines is 1. The molecular weight excluding hydrogens is 372 g/mol. The second-order valence-corrected chi connectivity index (χ2v) is 7.84. The zero-order valence-corrected chi connectivity index (χ0v) is 17.3. The molecule has 0 spiro atoms. The lowest BCUT2D eigenvalue weighted by molar-refractivity contribution is -0.126. The molecule has 2 aromatic rings. The fourth-order valence-electron chi connectivity index (χ4n) is 3.48. The summed E-state index contributed by atoms with van der Waals surface area (Å²) in [5.74, 6) is 0.447. The number of ether oxygens (including phenoxy) is 1. The molecule has 3 rings (SSSR count). The first-order valence-corrected chi connectivity index (χ1v) is 10.6. The second-order valence-electron chi connectivity index (χ2n) is 6.96. The lowest BCUT2D eigenvalue weighted by Crippen LogP contribution is -2.34. The zero-order valence-electron chi connectivity index (χ0n) is 16.5. The molecule has 28 heavy (non-hydrogen) atoms. The maximum absolute atomic E-state index is 12.6. The molecule has 5 nitrogen and oxygen atoms in total. The average Bonchev–Trinajstić information content (AvgIpc) is 3.10. The lowest BCUT2D eigenvalue weighted by Gasteiger charge is -2.17. The number of rotatable bonds is 7. The number of hydrogen-bond acceptors (Lipinski definition) is 4. The number of nitrogens with zero attached hydrogens (tertiary/aromatic N) is 1. The molecular formula is C22H26N2O3S. The van der Waals surface area contributed by atoms with Crippen molar-refractivity contribution in [3.63, 3.8) is 0 Å². The average molecular weight is 399 g/mol. The third-order valence-electron chi connectivity index (χ3n) is 4.99. The predicted molar refractivity (Wildman–Crippen MR) is 113 cm³/mol. The van der Waals surface area contributed by atoms with Crippen LogP contribution < -0.4 is 15.0 Å². The normalized spacial score (nSPS) is 16.3. The monoisotopic (exact) mass is 398 g/mol. The maximum atomic E-state index is 12.6. The van der Waals surface area contributed by atoms with Crippen molar-refractivity contribution in [3.05, 3.63) is 53.6 Å². The van der Waals surface area contributed by atoms with Crippen molar-refractivity contribution in [3.8, 4) is 5.75 Å². The van der Waals surface area contributed by atoms with Crippen LogP contribution in [-0.2, 0) is 16.0 Å². The number of benzene rings is 2. The fourth-order valence-corrected chi connectivity index (χ4v) is 3.93. The van der Waals surface area contributed by atoms with Gasteiger partial charge in [0.25, 0.3) is 0 Å². The van der Waals surface area contributed by atoms with Crippen molar-refractivity contribution in [2.75, 3.05) is 31.4 Å². The Morgan fingerprint density at radius 2 is 2.11 bits per heavy atom. The van der Waals surface area contributed by atoms with Crippen LogP contribution in [0.15, 0.2) is 47.4 Å². The summed E-state index contributed by atoms with van der Waals surface area (Å²) in [6, 6.07) is 13.9. The van der Waals surface area contributed by atoms with Crippen LogP contribution in [0.5, 0.6) is 5.75 Å². The Morgan fingerprint density at radius 1 is 1.29 bits per heavy atom. The van der Waals surface area contributed by atoms with E-state index in [0.29, 0.717) is 19.5 Å². The molecule has 1 N–H and O–H groups in total. The van der Waals surface area contributed by atoms with Gasteiger partial charge in [-0.15, -0.1) is 11.8 Å². The van der Waals surface area contributed by atoms with Gasteiger partial charge in [0, 0.05) is 30.1 Å². The molecule has 1 aliphatic heterocycles. The van der Waals surface area contributed by atoms with Gasteiger partial charge in [-0.2, -0.15) is 0 Å². The van der Waals surface area contributed by atoms with Gasteiger partial charge < -0.3 is 15.0 Å². The largest absolute Gasteiger partial charge is 0.496 e. The van der Waals surface area contributed by atoms with Crippen LogP contribution in [0.3, 0.4) is 0 Å². The van der Waals surface area contributed by atoms with E-state index >= 15 is 0 Å². The molecule has 0 saturated carbocycles. The van der Waals surface area contributed by atoms with Gasteiger partial charge in [0.15, 0.2) is 0 Å². The first-order valence-electron chi connectivity index (χ1n) is 9.37. The summed E-state index contributed by atoms with van der Waals surface area (Å²) >= 11 is 1.64. The number of carbonyl (C=O) groups is 2. The van der Waals surface area contributed by atoms with E-state index in [2.05, 4.69) is 11.4 Å². The molecule has 2 aromatic carbocycles. The molecule has 2 amide bonds. The minimum Gasteiger partial charge on any atom is -0.496 e. The summed E-state index contributed by atoms with van der Waals surface area (Å²) in [6.45, 7) is 2.98.